The first-order chi connectivity index (χ1) is 21.2. The first-order valence-electron chi connectivity index (χ1n) is 17.7. The van der Waals surface area contributed by atoms with E-state index in [1.165, 1.54) is 48.5 Å². The third-order valence-electron chi connectivity index (χ3n) is 10.3. The molecule has 0 bridgehead atoms. The van der Waals surface area contributed by atoms with Crippen molar-refractivity contribution >= 4 is 20.4 Å². The van der Waals surface area contributed by atoms with Crippen molar-refractivity contribution in [3.63, 3.8) is 0 Å². The highest BCUT2D eigenvalue weighted by Gasteiger charge is 2.47. The van der Waals surface area contributed by atoms with Crippen molar-refractivity contribution in [1.82, 2.24) is 4.90 Å². The van der Waals surface area contributed by atoms with Crippen LogP contribution in [0.15, 0.2) is 18.2 Å². The SMILES string of the molecule is CCCCC[C@@H](CC[C@@H]1[C@H]2Cc3cccc(OCC(=O)OCCCC)c3C[C@H]2C[C@H]1OC(=O)N(C)C)O[Si](CC)(CC)CC. The van der Waals surface area contributed by atoms with E-state index in [0.717, 1.165) is 57.1 Å². The van der Waals surface area contributed by atoms with Crippen LogP contribution in [-0.4, -0.2) is 64.8 Å². The van der Waals surface area contributed by atoms with E-state index in [-0.39, 0.29) is 30.9 Å². The molecule has 2 aliphatic carbocycles. The highest BCUT2D eigenvalue weighted by Crippen LogP contribution is 2.50. The van der Waals surface area contributed by atoms with Crippen LogP contribution in [0.2, 0.25) is 18.1 Å². The number of unbranched alkanes of at least 4 members (excludes halogenated alkanes) is 3. The second kappa shape index (κ2) is 18.2. The van der Waals surface area contributed by atoms with E-state index in [4.69, 9.17) is 18.6 Å². The van der Waals surface area contributed by atoms with Crippen molar-refractivity contribution in [2.45, 2.75) is 136 Å². The van der Waals surface area contributed by atoms with Gasteiger partial charge < -0.3 is 23.5 Å². The Morgan fingerprint density at radius 3 is 2.34 bits per heavy atom. The topological polar surface area (TPSA) is 74.3 Å². The second-order valence-electron chi connectivity index (χ2n) is 13.4. The summed E-state index contributed by atoms with van der Waals surface area (Å²) < 4.78 is 24.6. The Morgan fingerprint density at radius 1 is 0.955 bits per heavy atom. The first-order valence-corrected chi connectivity index (χ1v) is 20.2. The molecule has 0 N–H and O–H groups in total. The lowest BCUT2D eigenvalue weighted by molar-refractivity contribution is -0.146. The molecule has 3 rings (SSSR count). The number of benzene rings is 1. The Balaban J connectivity index is 1.78. The molecule has 2 aliphatic rings. The zero-order chi connectivity index (χ0) is 32.1. The Hall–Kier alpha value is -2.06. The molecule has 0 unspecified atom stereocenters. The molecule has 8 heteroatoms. The van der Waals surface area contributed by atoms with Gasteiger partial charge in [-0.15, -0.1) is 0 Å². The molecule has 250 valence electrons. The van der Waals surface area contributed by atoms with E-state index >= 15 is 0 Å². The molecule has 0 aliphatic heterocycles. The minimum Gasteiger partial charge on any atom is -0.482 e. The molecule has 0 radical (unpaired) electrons. The average Bonchev–Trinajstić information content (AvgIpc) is 3.35. The normalized spacial score (nSPS) is 21.7. The number of hydrogen-bond donors (Lipinski definition) is 0. The highest BCUT2D eigenvalue weighted by molar-refractivity contribution is 6.73. The van der Waals surface area contributed by atoms with Crippen LogP contribution in [0.1, 0.15) is 104 Å². The molecule has 0 heterocycles. The number of fused-ring (bicyclic) bond motifs is 2. The fraction of sp³-hybridized carbons (Fsp3) is 0.778. The smallest absolute Gasteiger partial charge is 0.409 e. The molecule has 7 nitrogen and oxygen atoms in total. The highest BCUT2D eigenvalue weighted by atomic mass is 28.4. The van der Waals surface area contributed by atoms with E-state index in [0.29, 0.717) is 24.4 Å². The van der Waals surface area contributed by atoms with Gasteiger partial charge in [0.25, 0.3) is 0 Å². The summed E-state index contributed by atoms with van der Waals surface area (Å²) >= 11 is 0. The Bertz CT molecular complexity index is 1020. The average molecular weight is 632 g/mol. The molecular weight excluding hydrogens is 570 g/mol. The van der Waals surface area contributed by atoms with Crippen molar-refractivity contribution < 1.29 is 28.2 Å². The van der Waals surface area contributed by atoms with Gasteiger partial charge in [-0.05, 0) is 98.0 Å². The zero-order valence-electron chi connectivity index (χ0n) is 28.8. The van der Waals surface area contributed by atoms with Crippen molar-refractivity contribution in [2.24, 2.45) is 17.8 Å². The minimum absolute atomic E-state index is 0.0720. The van der Waals surface area contributed by atoms with Crippen LogP contribution in [0.5, 0.6) is 5.75 Å². The number of carbonyl (C=O) groups excluding carboxylic acids is 2. The Morgan fingerprint density at radius 2 is 1.68 bits per heavy atom. The standard InChI is InChI=1S/C36H61NO6Si/c1-8-13-15-18-29(43-44(10-3,11-4)12-5)20-21-30-31-23-27-17-16-19-33(41-26-35(38)40-22-14-9-2)32(27)24-28(31)25-34(30)42-36(39)37(6)7/h16-17,19,28-31,34H,8-15,18,20-26H2,1-7H3/t28-,29-,30+,31-,34+/m0/s1. The molecule has 1 aromatic rings. The maximum absolute atomic E-state index is 12.8. The summed E-state index contributed by atoms with van der Waals surface area (Å²) in [6, 6.07) is 9.70. The summed E-state index contributed by atoms with van der Waals surface area (Å²) in [4.78, 5) is 26.6. The number of carbonyl (C=O) groups is 2. The minimum atomic E-state index is -1.73. The van der Waals surface area contributed by atoms with Crippen molar-refractivity contribution in [3.05, 3.63) is 29.3 Å². The molecular formula is C36H61NO6Si. The van der Waals surface area contributed by atoms with Gasteiger partial charge in [0.2, 0.25) is 0 Å². The number of hydrogen-bond acceptors (Lipinski definition) is 6. The molecule has 1 aromatic carbocycles. The maximum Gasteiger partial charge on any atom is 0.409 e. The third kappa shape index (κ3) is 9.97. The number of ether oxygens (including phenoxy) is 3. The van der Waals surface area contributed by atoms with Gasteiger partial charge in [0.05, 0.1) is 6.61 Å². The second-order valence-corrected chi connectivity index (χ2v) is 18.1. The summed E-state index contributed by atoms with van der Waals surface area (Å²) in [5, 5.41) is 0. The molecule has 44 heavy (non-hydrogen) atoms. The van der Waals surface area contributed by atoms with Crippen molar-refractivity contribution in [1.29, 1.82) is 0 Å². The lowest BCUT2D eigenvalue weighted by Gasteiger charge is -2.36. The van der Waals surface area contributed by atoms with Gasteiger partial charge in [0.15, 0.2) is 14.9 Å². The van der Waals surface area contributed by atoms with Crippen LogP contribution in [0.25, 0.3) is 0 Å². The van der Waals surface area contributed by atoms with Crippen molar-refractivity contribution in [3.8, 4) is 5.75 Å². The number of esters is 1. The van der Waals surface area contributed by atoms with E-state index in [1.54, 1.807) is 19.0 Å². The quantitative estimate of drug-likeness (QED) is 0.0865. The van der Waals surface area contributed by atoms with Gasteiger partial charge in [-0.2, -0.15) is 0 Å². The number of rotatable bonds is 19. The molecule has 1 saturated carbocycles. The van der Waals surface area contributed by atoms with Crippen LogP contribution in [-0.2, 0) is 31.5 Å². The van der Waals surface area contributed by atoms with Crippen LogP contribution >= 0.6 is 0 Å². The first kappa shape index (κ1) is 36.4. The summed E-state index contributed by atoms with van der Waals surface area (Å²) in [6.45, 7) is 11.6. The molecule has 5 atom stereocenters. The summed E-state index contributed by atoms with van der Waals surface area (Å²) in [5.74, 6) is 1.61. The van der Waals surface area contributed by atoms with Crippen LogP contribution in [0.4, 0.5) is 4.79 Å². The fourth-order valence-corrected chi connectivity index (χ4v) is 10.3. The molecule has 1 amide bonds. The lowest BCUT2D eigenvalue weighted by Crippen LogP contribution is -2.40. The predicted octanol–water partition coefficient (Wildman–Crippen LogP) is 8.58. The third-order valence-corrected chi connectivity index (χ3v) is 15.0. The molecule has 0 spiro atoms. The van der Waals surface area contributed by atoms with E-state index in [1.807, 2.05) is 12.1 Å². The molecule has 0 saturated heterocycles. The predicted molar refractivity (Wildman–Crippen MR) is 180 cm³/mol. The number of nitrogens with zero attached hydrogens (tertiary/aromatic N) is 1. The van der Waals surface area contributed by atoms with Gasteiger partial charge in [-0.25, -0.2) is 9.59 Å². The van der Waals surface area contributed by atoms with Gasteiger partial charge >= 0.3 is 12.1 Å². The van der Waals surface area contributed by atoms with Crippen LogP contribution in [0.3, 0.4) is 0 Å². The fourth-order valence-electron chi connectivity index (χ4n) is 7.41. The Kier molecular flexibility index (Phi) is 15.0. The monoisotopic (exact) mass is 631 g/mol. The lowest BCUT2D eigenvalue weighted by atomic mass is 9.73. The largest absolute Gasteiger partial charge is 0.482 e. The van der Waals surface area contributed by atoms with Gasteiger partial charge in [0, 0.05) is 20.2 Å². The van der Waals surface area contributed by atoms with Crippen LogP contribution in [0, 0.1) is 17.8 Å². The van der Waals surface area contributed by atoms with E-state index < -0.39 is 8.32 Å². The summed E-state index contributed by atoms with van der Waals surface area (Å²) in [5.41, 5.74) is 2.48. The van der Waals surface area contributed by atoms with E-state index in [2.05, 4.69) is 40.7 Å². The molecule has 0 aromatic heterocycles. The van der Waals surface area contributed by atoms with Gasteiger partial charge in [-0.3, -0.25) is 0 Å². The zero-order valence-corrected chi connectivity index (χ0v) is 29.8. The summed E-state index contributed by atoms with van der Waals surface area (Å²) in [6.07, 6.45) is 11.3. The molecule has 1 fully saturated rings. The van der Waals surface area contributed by atoms with Crippen LogP contribution < -0.4 is 4.74 Å². The summed E-state index contributed by atoms with van der Waals surface area (Å²) in [7, 11) is 1.79. The maximum atomic E-state index is 12.8. The van der Waals surface area contributed by atoms with Gasteiger partial charge in [-0.1, -0.05) is 72.4 Å². The van der Waals surface area contributed by atoms with E-state index in [9.17, 15) is 9.59 Å². The van der Waals surface area contributed by atoms with Crippen molar-refractivity contribution in [2.75, 3.05) is 27.3 Å². The van der Waals surface area contributed by atoms with Gasteiger partial charge in [0.1, 0.15) is 11.9 Å². The Labute approximate surface area is 268 Å². The number of amides is 1.